The van der Waals surface area contributed by atoms with E-state index in [1.807, 2.05) is 0 Å². The Bertz CT molecular complexity index is 368. The summed E-state index contributed by atoms with van der Waals surface area (Å²) in [5.74, 6) is 2.04. The highest BCUT2D eigenvalue weighted by Crippen LogP contribution is 2.22. The Hall–Kier alpha value is -1.32. The van der Waals surface area contributed by atoms with E-state index in [1.165, 1.54) is 25.7 Å². The topological polar surface area (TPSA) is 41.0 Å². The Labute approximate surface area is 116 Å². The van der Waals surface area contributed by atoms with E-state index >= 15 is 0 Å². The molecule has 0 radical (unpaired) electrons. The Morgan fingerprint density at radius 2 is 1.84 bits per heavy atom. The van der Waals surface area contributed by atoms with Gasteiger partial charge in [-0.2, -0.15) is 0 Å². The lowest BCUT2D eigenvalue weighted by atomic mass is 10.2. The van der Waals surface area contributed by atoms with Crippen LogP contribution in [0.4, 0.5) is 11.6 Å². The molecule has 1 fully saturated rings. The summed E-state index contributed by atoms with van der Waals surface area (Å²) in [5, 5.41) is 3.54. The predicted molar refractivity (Wildman–Crippen MR) is 80.7 cm³/mol. The maximum Gasteiger partial charge on any atom is 0.134 e. The molecule has 0 aromatic carbocycles. The molecule has 1 aromatic rings. The van der Waals surface area contributed by atoms with Gasteiger partial charge in [-0.15, -0.1) is 0 Å². The third-order valence-electron chi connectivity index (χ3n) is 3.67. The summed E-state index contributed by atoms with van der Waals surface area (Å²) in [6, 6.07) is 2.71. The summed E-state index contributed by atoms with van der Waals surface area (Å²) in [4.78, 5) is 11.1. The second kappa shape index (κ2) is 7.31. The molecule has 0 amide bonds. The highest BCUT2D eigenvalue weighted by Gasteiger charge is 2.15. The van der Waals surface area contributed by atoms with Gasteiger partial charge in [0, 0.05) is 25.2 Å². The fraction of sp³-hybridized carbons (Fsp3) is 0.733. The smallest absolute Gasteiger partial charge is 0.134 e. The van der Waals surface area contributed by atoms with Crippen LogP contribution in [-0.2, 0) is 0 Å². The second-order valence-corrected chi connectivity index (χ2v) is 5.37. The Balaban J connectivity index is 2.03. The molecule has 106 valence electrons. The lowest BCUT2D eigenvalue weighted by Gasteiger charge is -2.23. The van der Waals surface area contributed by atoms with Crippen LogP contribution in [0.1, 0.15) is 52.4 Å². The van der Waals surface area contributed by atoms with Crippen LogP contribution < -0.4 is 10.2 Å². The highest BCUT2D eigenvalue weighted by atomic mass is 15.2. The third-order valence-corrected chi connectivity index (χ3v) is 3.67. The first kappa shape index (κ1) is 14.1. The zero-order chi connectivity index (χ0) is 13.5. The molecule has 1 aromatic heterocycles. The van der Waals surface area contributed by atoms with E-state index in [9.17, 15) is 0 Å². The molecule has 0 bridgehead atoms. The molecule has 19 heavy (non-hydrogen) atoms. The van der Waals surface area contributed by atoms with E-state index in [2.05, 4.69) is 40.1 Å². The molecular weight excluding hydrogens is 236 g/mol. The SMILES string of the molecule is CCCN(CCC)c1cc(NC2CCCC2)ncn1. The molecular formula is C15H26N4. The fourth-order valence-electron chi connectivity index (χ4n) is 2.76. The number of anilines is 2. The molecule has 4 heteroatoms. The zero-order valence-electron chi connectivity index (χ0n) is 12.2. The summed E-state index contributed by atoms with van der Waals surface area (Å²) in [5.41, 5.74) is 0. The number of hydrogen-bond acceptors (Lipinski definition) is 4. The standard InChI is InChI=1S/C15H26N4/c1-3-9-19(10-4-2)15-11-14(16-12-17-15)18-13-7-5-6-8-13/h11-13H,3-10H2,1-2H3,(H,16,17,18). The molecule has 1 N–H and O–H groups in total. The number of aromatic nitrogens is 2. The highest BCUT2D eigenvalue weighted by molar-refractivity contribution is 5.48. The maximum atomic E-state index is 4.43. The lowest BCUT2D eigenvalue weighted by molar-refractivity contribution is 0.728. The van der Waals surface area contributed by atoms with Gasteiger partial charge in [0.05, 0.1) is 0 Å². The lowest BCUT2D eigenvalue weighted by Crippen LogP contribution is -2.26. The first-order valence-electron chi connectivity index (χ1n) is 7.67. The van der Waals surface area contributed by atoms with Crippen molar-refractivity contribution in [2.75, 3.05) is 23.3 Å². The molecule has 1 aliphatic rings. The van der Waals surface area contributed by atoms with Gasteiger partial charge in [0.25, 0.3) is 0 Å². The van der Waals surface area contributed by atoms with Crippen molar-refractivity contribution in [1.82, 2.24) is 9.97 Å². The number of rotatable bonds is 7. The van der Waals surface area contributed by atoms with Gasteiger partial charge in [0.2, 0.25) is 0 Å². The normalized spacial score (nSPS) is 15.7. The number of nitrogens with zero attached hydrogens (tertiary/aromatic N) is 3. The Morgan fingerprint density at radius 3 is 2.47 bits per heavy atom. The third kappa shape index (κ3) is 4.08. The average molecular weight is 262 g/mol. The van der Waals surface area contributed by atoms with Crippen molar-refractivity contribution >= 4 is 11.6 Å². The monoisotopic (exact) mass is 262 g/mol. The van der Waals surface area contributed by atoms with Crippen LogP contribution in [0.3, 0.4) is 0 Å². The van der Waals surface area contributed by atoms with Crippen LogP contribution in [0.15, 0.2) is 12.4 Å². The van der Waals surface area contributed by atoms with Crippen LogP contribution in [0.5, 0.6) is 0 Å². The van der Waals surface area contributed by atoms with Crippen LogP contribution in [0.25, 0.3) is 0 Å². The minimum Gasteiger partial charge on any atom is -0.367 e. The molecule has 0 spiro atoms. The van der Waals surface area contributed by atoms with Crippen LogP contribution in [0, 0.1) is 0 Å². The van der Waals surface area contributed by atoms with Crippen LogP contribution in [-0.4, -0.2) is 29.1 Å². The van der Waals surface area contributed by atoms with Crippen molar-refractivity contribution in [3.63, 3.8) is 0 Å². The van der Waals surface area contributed by atoms with E-state index < -0.39 is 0 Å². The maximum absolute atomic E-state index is 4.43. The van der Waals surface area contributed by atoms with E-state index in [4.69, 9.17) is 0 Å². The van der Waals surface area contributed by atoms with Gasteiger partial charge in [0.15, 0.2) is 0 Å². The molecule has 2 rings (SSSR count). The van der Waals surface area contributed by atoms with Crippen molar-refractivity contribution in [3.05, 3.63) is 12.4 Å². The molecule has 1 heterocycles. The quantitative estimate of drug-likeness (QED) is 0.817. The molecule has 0 atom stereocenters. The fourth-order valence-corrected chi connectivity index (χ4v) is 2.76. The summed E-state index contributed by atoms with van der Waals surface area (Å²) in [6.07, 6.45) is 9.20. The van der Waals surface area contributed by atoms with E-state index in [-0.39, 0.29) is 0 Å². The van der Waals surface area contributed by atoms with Crippen molar-refractivity contribution in [2.45, 2.75) is 58.4 Å². The van der Waals surface area contributed by atoms with Gasteiger partial charge in [-0.05, 0) is 25.7 Å². The van der Waals surface area contributed by atoms with Crippen molar-refractivity contribution in [1.29, 1.82) is 0 Å². The van der Waals surface area contributed by atoms with Crippen LogP contribution in [0.2, 0.25) is 0 Å². The first-order chi connectivity index (χ1) is 9.33. The van der Waals surface area contributed by atoms with Gasteiger partial charge in [-0.3, -0.25) is 0 Å². The Morgan fingerprint density at radius 1 is 1.16 bits per heavy atom. The van der Waals surface area contributed by atoms with Gasteiger partial charge >= 0.3 is 0 Å². The summed E-state index contributed by atoms with van der Waals surface area (Å²) in [6.45, 7) is 6.55. The number of hydrogen-bond donors (Lipinski definition) is 1. The Kier molecular flexibility index (Phi) is 5.43. The largest absolute Gasteiger partial charge is 0.367 e. The summed E-state index contributed by atoms with van der Waals surface area (Å²) < 4.78 is 0. The van der Waals surface area contributed by atoms with E-state index in [0.29, 0.717) is 6.04 Å². The van der Waals surface area contributed by atoms with E-state index in [1.54, 1.807) is 6.33 Å². The molecule has 0 saturated heterocycles. The minimum absolute atomic E-state index is 0.605. The first-order valence-corrected chi connectivity index (χ1v) is 7.67. The van der Waals surface area contributed by atoms with E-state index in [0.717, 1.165) is 37.6 Å². The number of nitrogens with one attached hydrogen (secondary N) is 1. The van der Waals surface area contributed by atoms with Gasteiger partial charge in [-0.1, -0.05) is 26.7 Å². The molecule has 4 nitrogen and oxygen atoms in total. The van der Waals surface area contributed by atoms with Gasteiger partial charge in [-0.25, -0.2) is 9.97 Å². The second-order valence-electron chi connectivity index (χ2n) is 5.37. The summed E-state index contributed by atoms with van der Waals surface area (Å²) >= 11 is 0. The van der Waals surface area contributed by atoms with Crippen molar-refractivity contribution in [3.8, 4) is 0 Å². The molecule has 0 aliphatic heterocycles. The average Bonchev–Trinajstić information content (AvgIpc) is 2.92. The van der Waals surface area contributed by atoms with Gasteiger partial charge < -0.3 is 10.2 Å². The zero-order valence-corrected chi connectivity index (χ0v) is 12.2. The van der Waals surface area contributed by atoms with Crippen molar-refractivity contribution in [2.24, 2.45) is 0 Å². The minimum atomic E-state index is 0.605. The predicted octanol–water partition coefficient (Wildman–Crippen LogP) is 3.46. The van der Waals surface area contributed by atoms with Crippen LogP contribution >= 0.6 is 0 Å². The molecule has 1 saturated carbocycles. The summed E-state index contributed by atoms with van der Waals surface area (Å²) in [7, 11) is 0. The molecule has 1 aliphatic carbocycles. The molecule has 0 unspecified atom stereocenters. The van der Waals surface area contributed by atoms with Crippen molar-refractivity contribution < 1.29 is 0 Å². The van der Waals surface area contributed by atoms with Gasteiger partial charge in [0.1, 0.15) is 18.0 Å².